The maximum Gasteiger partial charge on any atom is 0.180 e. The normalized spacial score (nSPS) is 14.1. The summed E-state index contributed by atoms with van der Waals surface area (Å²) in [7, 11) is 0. The van der Waals surface area contributed by atoms with Crippen LogP contribution in [-0.4, -0.2) is 37.7 Å². The number of furan rings is 1. The van der Waals surface area contributed by atoms with E-state index in [4.69, 9.17) is 24.7 Å². The minimum Gasteiger partial charge on any atom is -0.469 e. The van der Waals surface area contributed by atoms with E-state index >= 15 is 0 Å². The van der Waals surface area contributed by atoms with Crippen LogP contribution in [0.3, 0.4) is 0 Å². The molecular formula is C48H74N4O3. The van der Waals surface area contributed by atoms with Crippen LogP contribution in [0.4, 0.5) is 0 Å². The van der Waals surface area contributed by atoms with Crippen molar-refractivity contribution in [3.05, 3.63) is 103 Å². The van der Waals surface area contributed by atoms with Gasteiger partial charge in [0.1, 0.15) is 5.76 Å². The summed E-state index contributed by atoms with van der Waals surface area (Å²) in [6, 6.07) is 24.4. The first-order valence-electron chi connectivity index (χ1n) is 19.8. The summed E-state index contributed by atoms with van der Waals surface area (Å²) >= 11 is 0. The zero-order valence-electron chi connectivity index (χ0n) is 36.4. The Morgan fingerprint density at radius 3 is 1.56 bits per heavy atom. The summed E-state index contributed by atoms with van der Waals surface area (Å²) in [5.41, 5.74) is 6.67. The number of ether oxygens (including phenoxy) is 2. The number of nitrogens with one attached hydrogen (secondary N) is 2. The van der Waals surface area contributed by atoms with Crippen LogP contribution < -0.4 is 0 Å². The van der Waals surface area contributed by atoms with Gasteiger partial charge in [0.2, 0.25) is 0 Å². The third-order valence-corrected chi connectivity index (χ3v) is 8.72. The molecule has 0 aliphatic heterocycles. The van der Waals surface area contributed by atoms with Gasteiger partial charge in [-0.15, -0.1) is 0 Å². The largest absolute Gasteiger partial charge is 0.469 e. The van der Waals surface area contributed by atoms with E-state index in [0.29, 0.717) is 12.6 Å². The third-order valence-electron chi connectivity index (χ3n) is 8.72. The fourth-order valence-corrected chi connectivity index (χ4v) is 5.78. The molecule has 0 amide bonds. The zero-order chi connectivity index (χ0) is 41.5. The molecule has 1 aliphatic carbocycles. The number of benzene rings is 2. The molecule has 0 bridgehead atoms. The van der Waals surface area contributed by atoms with Crippen molar-refractivity contribution in [2.45, 2.75) is 133 Å². The van der Waals surface area contributed by atoms with Crippen molar-refractivity contribution in [1.29, 1.82) is 10.8 Å². The lowest BCUT2D eigenvalue weighted by atomic mass is 9.79. The SMILES string of the molecule is C=C(c1ccccc1)C(C)(C)C.CC(C)(C)CC(=NCOC=N)C1CCCCC1.CC(C)(C)CC(=NCOC=N)c1ccccc1.CC(C)(C)c1ccco1. The molecule has 0 radical (unpaired) electrons. The molecule has 7 nitrogen and oxygen atoms in total. The van der Waals surface area contributed by atoms with Crippen LogP contribution in [0.1, 0.15) is 145 Å². The lowest BCUT2D eigenvalue weighted by molar-refractivity contribution is 0.325. The van der Waals surface area contributed by atoms with Gasteiger partial charge < -0.3 is 13.9 Å². The molecule has 1 saturated carbocycles. The Labute approximate surface area is 335 Å². The van der Waals surface area contributed by atoms with Gasteiger partial charge in [0, 0.05) is 16.8 Å². The van der Waals surface area contributed by atoms with Crippen LogP contribution in [0.5, 0.6) is 0 Å². The van der Waals surface area contributed by atoms with E-state index in [9.17, 15) is 0 Å². The Bertz CT molecular complexity index is 1540. The molecule has 1 aliphatic rings. The molecule has 304 valence electrons. The minimum atomic E-state index is 0.156. The second kappa shape index (κ2) is 24.3. The number of aliphatic imine (C=N–C) groups is 2. The first-order valence-corrected chi connectivity index (χ1v) is 19.8. The fraction of sp³-hybridized carbons (Fsp3) is 0.542. The molecule has 1 heterocycles. The van der Waals surface area contributed by atoms with E-state index in [1.165, 1.54) is 49.0 Å². The summed E-state index contributed by atoms with van der Waals surface area (Å²) in [5, 5.41) is 13.7. The first-order chi connectivity index (χ1) is 25.7. The monoisotopic (exact) mass is 755 g/mol. The lowest BCUT2D eigenvalue weighted by Crippen LogP contribution is -2.23. The fourth-order valence-electron chi connectivity index (χ4n) is 5.78. The average molecular weight is 755 g/mol. The van der Waals surface area contributed by atoms with Crippen molar-refractivity contribution < 1.29 is 13.9 Å². The lowest BCUT2D eigenvalue weighted by Gasteiger charge is -2.28. The van der Waals surface area contributed by atoms with Crippen molar-refractivity contribution in [2.75, 3.05) is 13.5 Å². The van der Waals surface area contributed by atoms with Crippen LogP contribution in [0, 0.1) is 33.0 Å². The molecule has 0 unspecified atom stereocenters. The summed E-state index contributed by atoms with van der Waals surface area (Å²) in [6.07, 6.45) is 12.1. The van der Waals surface area contributed by atoms with Gasteiger partial charge in [-0.3, -0.25) is 15.8 Å². The smallest absolute Gasteiger partial charge is 0.180 e. The van der Waals surface area contributed by atoms with Gasteiger partial charge >= 0.3 is 0 Å². The molecule has 1 aromatic heterocycles. The number of allylic oxidation sites excluding steroid dienone is 1. The molecule has 2 N–H and O–H groups in total. The molecule has 0 spiro atoms. The number of rotatable bonds is 11. The van der Waals surface area contributed by atoms with Crippen molar-refractivity contribution in [2.24, 2.45) is 32.1 Å². The summed E-state index contributed by atoms with van der Waals surface area (Å²) < 4.78 is 15.0. The van der Waals surface area contributed by atoms with Crippen molar-refractivity contribution >= 4 is 29.8 Å². The molecule has 1 fully saturated rings. The molecule has 4 rings (SSSR count). The second-order valence-electron chi connectivity index (χ2n) is 18.6. The topological polar surface area (TPSA) is 104 Å². The molecule has 2 aromatic carbocycles. The quantitative estimate of drug-likeness (QED) is 0.116. The molecule has 0 atom stereocenters. The van der Waals surface area contributed by atoms with Gasteiger partial charge in [-0.1, -0.05) is 170 Å². The van der Waals surface area contributed by atoms with E-state index in [2.05, 4.69) is 124 Å². The van der Waals surface area contributed by atoms with E-state index in [-0.39, 0.29) is 28.4 Å². The minimum absolute atomic E-state index is 0.156. The molecule has 55 heavy (non-hydrogen) atoms. The summed E-state index contributed by atoms with van der Waals surface area (Å²) in [6.45, 7) is 30.9. The second-order valence-corrected chi connectivity index (χ2v) is 18.6. The van der Waals surface area contributed by atoms with Gasteiger partial charge in [0.15, 0.2) is 26.3 Å². The Kier molecular flexibility index (Phi) is 21.5. The molecule has 7 heteroatoms. The summed E-state index contributed by atoms with van der Waals surface area (Å²) in [5.74, 6) is 1.69. The van der Waals surface area contributed by atoms with Crippen LogP contribution in [-0.2, 0) is 14.9 Å². The average Bonchev–Trinajstić information content (AvgIpc) is 3.68. The molecule has 3 aromatic rings. The standard InChI is InChI=1S/C14H26N2O.C14H20N2O.C12H16.C8H12O/c2*1-14(2,3)9-13(16-11-17-10-15)12-7-5-4-6-8-12;1-10(12(2,3)4)11-8-6-5-7-9-11;1-8(2,3)7-5-4-6-9-7/h10,12,15H,4-9,11H2,1-3H3;4-8,10,15H,9,11H2,1-3H3;5-9H,1H2,2-4H3;4-6H,1-3H3. The van der Waals surface area contributed by atoms with Gasteiger partial charge in [-0.05, 0) is 76.7 Å². The van der Waals surface area contributed by atoms with Crippen LogP contribution in [0.25, 0.3) is 5.57 Å². The Morgan fingerprint density at radius 1 is 0.673 bits per heavy atom. The number of hydrogen-bond acceptors (Lipinski definition) is 7. The van der Waals surface area contributed by atoms with Crippen molar-refractivity contribution in [3.8, 4) is 0 Å². The number of nitrogens with zero attached hydrogens (tertiary/aromatic N) is 2. The van der Waals surface area contributed by atoms with E-state index in [0.717, 1.165) is 42.7 Å². The van der Waals surface area contributed by atoms with Crippen molar-refractivity contribution in [1.82, 2.24) is 0 Å². The van der Waals surface area contributed by atoms with E-state index in [1.54, 1.807) is 6.26 Å². The highest BCUT2D eigenvalue weighted by molar-refractivity contribution is 6.00. The zero-order valence-corrected chi connectivity index (χ0v) is 36.4. The van der Waals surface area contributed by atoms with Gasteiger partial charge in [-0.25, -0.2) is 4.99 Å². The highest BCUT2D eigenvalue weighted by Gasteiger charge is 2.24. The highest BCUT2D eigenvalue weighted by Crippen LogP contribution is 2.32. The van der Waals surface area contributed by atoms with E-state index in [1.807, 2.05) is 48.5 Å². The van der Waals surface area contributed by atoms with Gasteiger partial charge in [0.25, 0.3) is 0 Å². The van der Waals surface area contributed by atoms with Gasteiger partial charge in [-0.2, -0.15) is 0 Å². The van der Waals surface area contributed by atoms with Crippen molar-refractivity contribution in [3.63, 3.8) is 0 Å². The Hall–Kier alpha value is -4.26. The van der Waals surface area contributed by atoms with Crippen LogP contribution in [0.15, 0.2) is 100 Å². The summed E-state index contributed by atoms with van der Waals surface area (Å²) in [4.78, 5) is 8.98. The van der Waals surface area contributed by atoms with E-state index < -0.39 is 0 Å². The highest BCUT2D eigenvalue weighted by atomic mass is 16.5. The molecule has 0 saturated heterocycles. The maximum absolute atomic E-state index is 6.85. The third kappa shape index (κ3) is 22.7. The number of hydrogen-bond donors (Lipinski definition) is 2. The molecular weight excluding hydrogens is 681 g/mol. The Balaban J connectivity index is 0.000000377. The van der Waals surface area contributed by atoms with Crippen LogP contribution >= 0.6 is 0 Å². The first kappa shape index (κ1) is 48.8. The maximum atomic E-state index is 6.85. The van der Waals surface area contributed by atoms with Crippen LogP contribution in [0.2, 0.25) is 0 Å². The Morgan fingerprint density at radius 2 is 1.16 bits per heavy atom. The van der Waals surface area contributed by atoms with Gasteiger partial charge in [0.05, 0.1) is 6.26 Å². The predicted octanol–water partition coefficient (Wildman–Crippen LogP) is 13.8. The predicted molar refractivity (Wildman–Crippen MR) is 237 cm³/mol.